The van der Waals surface area contributed by atoms with Gasteiger partial charge in [0, 0.05) is 19.3 Å². The Morgan fingerprint density at radius 1 is 0.212 bits per heavy atom. The molecule has 1 fully saturated rings. The summed E-state index contributed by atoms with van der Waals surface area (Å²) in [6.45, 7) is 7.15. The van der Waals surface area contributed by atoms with Crippen LogP contribution in [-0.4, -0.2) is 50.4 Å². The fourth-order valence-corrected chi connectivity index (χ4v) is 15.4. The molecule has 0 atom stereocenters. The molecule has 1 aliphatic rings. The van der Waals surface area contributed by atoms with Crippen molar-refractivity contribution in [3.8, 4) is 0 Å². The van der Waals surface area contributed by atoms with Crippen molar-refractivity contribution in [2.24, 2.45) is 5.41 Å². The predicted molar refractivity (Wildman–Crippen MR) is 431 cm³/mol. The van der Waals surface area contributed by atoms with Gasteiger partial charge < -0.3 is 18.9 Å². The van der Waals surface area contributed by atoms with Gasteiger partial charge in [0.2, 0.25) is 0 Å². The number of hydrogen-bond donors (Lipinski definition) is 0. The van der Waals surface area contributed by atoms with Crippen molar-refractivity contribution in [1.29, 1.82) is 0 Å². The highest BCUT2D eigenvalue weighted by molar-refractivity contribution is 5.70. The van der Waals surface area contributed by atoms with E-state index in [0.717, 1.165) is 83.5 Å². The topological polar surface area (TPSA) is 88.1 Å². The maximum Gasteiger partial charge on any atom is 0.305 e. The van der Waals surface area contributed by atoms with Crippen molar-refractivity contribution in [2.45, 2.75) is 541 Å². The first-order chi connectivity index (χ1) is 48.9. The summed E-state index contributed by atoms with van der Waals surface area (Å²) in [5.74, 6) is -0.652. The highest BCUT2D eigenvalue weighted by atomic mass is 16.6. The number of ether oxygens (including phenoxy) is 4. The molecule has 0 bridgehead atoms. The molecule has 0 aromatic carbocycles. The predicted octanol–water partition coefficient (Wildman–Crippen LogP) is 31.3. The summed E-state index contributed by atoms with van der Waals surface area (Å²) in [6, 6.07) is 0. The Morgan fingerprint density at radius 3 is 0.535 bits per heavy atom. The summed E-state index contributed by atoms with van der Waals surface area (Å²) in [7, 11) is 0. The summed E-state index contributed by atoms with van der Waals surface area (Å²) in [6.07, 6.45) is 102. The van der Waals surface area contributed by atoms with E-state index in [0.29, 0.717) is 19.3 Å². The largest absolute Gasteiger partial charge is 0.465 e. The Morgan fingerprint density at radius 2 is 0.364 bits per heavy atom. The van der Waals surface area contributed by atoms with E-state index in [1.165, 1.54) is 411 Å². The first-order valence-corrected chi connectivity index (χ1v) is 46.0. The minimum atomic E-state index is -0.989. The van der Waals surface area contributed by atoms with E-state index in [4.69, 9.17) is 18.9 Å². The van der Waals surface area contributed by atoms with Gasteiger partial charge in [-0.1, -0.05) is 483 Å². The lowest BCUT2D eigenvalue weighted by Crippen LogP contribution is -2.44. The third-order valence-corrected chi connectivity index (χ3v) is 22.5. The molecule has 0 aromatic rings. The minimum Gasteiger partial charge on any atom is -0.465 e. The Balaban J connectivity index is 2.94. The molecule has 0 amide bonds. The van der Waals surface area contributed by atoms with Crippen LogP contribution in [0.2, 0.25) is 0 Å². The van der Waals surface area contributed by atoms with Gasteiger partial charge in [-0.2, -0.15) is 0 Å². The van der Waals surface area contributed by atoms with Gasteiger partial charge in [-0.25, -0.2) is 0 Å². The standard InChI is InChI=1S/C92H178O7/c1-4-7-10-13-16-19-22-25-28-31-34-41-46-51-56-61-66-71-76-81-89(93)97-85-92(84-96-88-79-74-69-64-59-54-49-44-39-37-38-40-45-50-55-60-65-70-75-80-88,86-98-90(94)82-77-72-67-62-57-52-47-42-35-32-29-26-23-20-17-14-11-8-5-2)87-99-91(95)83-78-73-68-63-58-53-48-43-36-33-30-27-24-21-18-15-12-9-6-3/h88H,4-87H2,1-3H3. The third-order valence-electron chi connectivity index (χ3n) is 22.5. The molecule has 0 heterocycles. The van der Waals surface area contributed by atoms with Crippen LogP contribution in [0.25, 0.3) is 0 Å². The summed E-state index contributed by atoms with van der Waals surface area (Å²) < 4.78 is 25.8. The smallest absolute Gasteiger partial charge is 0.305 e. The van der Waals surface area contributed by atoms with Gasteiger partial charge >= 0.3 is 17.9 Å². The van der Waals surface area contributed by atoms with Crippen molar-refractivity contribution in [3.63, 3.8) is 0 Å². The Kier molecular flexibility index (Phi) is 77.5. The van der Waals surface area contributed by atoms with Crippen molar-refractivity contribution in [1.82, 2.24) is 0 Å². The molecule has 0 N–H and O–H groups in total. The quantitative estimate of drug-likeness (QED) is 0.0340. The molecular weight excluding hydrogens is 1220 g/mol. The molecule has 0 unspecified atom stereocenters. The number of carbonyl (C=O) groups is 3. The lowest BCUT2D eigenvalue weighted by Gasteiger charge is -2.33. The van der Waals surface area contributed by atoms with E-state index in [2.05, 4.69) is 20.8 Å². The normalized spacial score (nSPS) is 14.7. The Labute approximate surface area is 620 Å². The highest BCUT2D eigenvalue weighted by Gasteiger charge is 2.37. The van der Waals surface area contributed by atoms with E-state index in [1.807, 2.05) is 0 Å². The minimum absolute atomic E-state index is 0.0107. The molecule has 0 aromatic heterocycles. The van der Waals surface area contributed by atoms with Gasteiger partial charge in [-0.15, -0.1) is 0 Å². The maximum atomic E-state index is 13.8. The molecule has 1 aliphatic carbocycles. The van der Waals surface area contributed by atoms with Crippen molar-refractivity contribution < 1.29 is 33.3 Å². The number of rotatable bonds is 69. The number of esters is 3. The second-order valence-corrected chi connectivity index (χ2v) is 32.7. The second-order valence-electron chi connectivity index (χ2n) is 32.7. The molecule has 0 spiro atoms. The monoisotopic (exact) mass is 1400 g/mol. The average Bonchev–Trinajstić information content (AvgIpc) is 0.875. The van der Waals surface area contributed by atoms with Crippen LogP contribution in [0.3, 0.4) is 0 Å². The van der Waals surface area contributed by atoms with Crippen LogP contribution in [0.1, 0.15) is 534 Å². The van der Waals surface area contributed by atoms with Crippen LogP contribution in [-0.2, 0) is 33.3 Å². The molecule has 0 aliphatic heterocycles. The third kappa shape index (κ3) is 73.1. The van der Waals surface area contributed by atoms with Crippen LogP contribution in [0.4, 0.5) is 0 Å². The van der Waals surface area contributed by atoms with Gasteiger partial charge in [-0.05, 0) is 32.1 Å². The first-order valence-electron chi connectivity index (χ1n) is 46.0. The van der Waals surface area contributed by atoms with Crippen LogP contribution in [0.15, 0.2) is 0 Å². The highest BCUT2D eigenvalue weighted by Crippen LogP contribution is 2.28. The van der Waals surface area contributed by atoms with Gasteiger partial charge in [-0.3, -0.25) is 14.4 Å². The summed E-state index contributed by atoms with van der Waals surface area (Å²) in [4.78, 5) is 41.3. The van der Waals surface area contributed by atoms with Crippen LogP contribution < -0.4 is 0 Å². The van der Waals surface area contributed by atoms with Gasteiger partial charge in [0.1, 0.15) is 19.8 Å². The average molecular weight is 1400 g/mol. The SMILES string of the molecule is CCCCCCCCCCCCCCCCCCCCCC(=O)OCC(COC(=O)CCCCCCCCCCCCCCCCCCCCC)(COC(=O)CCCCCCCCCCCCCCCCCCCCC)COC1CCCCCCCCCCCCCCCCCCCC1. The molecule has 0 radical (unpaired) electrons. The van der Waals surface area contributed by atoms with Crippen molar-refractivity contribution in [2.75, 3.05) is 26.4 Å². The maximum absolute atomic E-state index is 13.8. The number of unbranched alkanes of at least 4 members (excludes halogenated alkanes) is 54. The van der Waals surface area contributed by atoms with Crippen molar-refractivity contribution >= 4 is 17.9 Å². The number of carbonyl (C=O) groups excluding carboxylic acids is 3. The molecule has 7 nitrogen and oxygen atoms in total. The zero-order chi connectivity index (χ0) is 71.0. The van der Waals surface area contributed by atoms with E-state index in [-0.39, 0.29) is 50.4 Å². The number of hydrogen-bond acceptors (Lipinski definition) is 7. The summed E-state index contributed by atoms with van der Waals surface area (Å²) in [5, 5.41) is 0. The molecule has 99 heavy (non-hydrogen) atoms. The zero-order valence-corrected chi connectivity index (χ0v) is 67.8. The van der Waals surface area contributed by atoms with Crippen LogP contribution in [0.5, 0.6) is 0 Å². The van der Waals surface area contributed by atoms with Gasteiger partial charge in [0.05, 0.1) is 18.1 Å². The Hall–Kier alpha value is -1.63. The van der Waals surface area contributed by atoms with Crippen molar-refractivity contribution in [3.05, 3.63) is 0 Å². The van der Waals surface area contributed by atoms with E-state index in [9.17, 15) is 14.4 Å². The van der Waals surface area contributed by atoms with E-state index < -0.39 is 5.41 Å². The van der Waals surface area contributed by atoms with Gasteiger partial charge in [0.25, 0.3) is 0 Å². The van der Waals surface area contributed by atoms with E-state index >= 15 is 0 Å². The first kappa shape index (κ1) is 95.4. The molecule has 588 valence electrons. The molecule has 0 saturated heterocycles. The van der Waals surface area contributed by atoms with E-state index in [1.54, 1.807) is 0 Å². The molecule has 1 saturated carbocycles. The molecule has 7 heteroatoms. The second kappa shape index (κ2) is 80.5. The van der Waals surface area contributed by atoms with Crippen LogP contribution >= 0.6 is 0 Å². The van der Waals surface area contributed by atoms with Crippen LogP contribution in [0, 0.1) is 5.41 Å². The van der Waals surface area contributed by atoms with Gasteiger partial charge in [0.15, 0.2) is 0 Å². The zero-order valence-electron chi connectivity index (χ0n) is 67.8. The fraction of sp³-hybridized carbons (Fsp3) is 0.967. The lowest BCUT2D eigenvalue weighted by molar-refractivity contribution is -0.170. The fourth-order valence-electron chi connectivity index (χ4n) is 15.4. The lowest BCUT2D eigenvalue weighted by atomic mass is 9.91. The summed E-state index contributed by atoms with van der Waals surface area (Å²) in [5.41, 5.74) is -0.989. The Bertz CT molecular complexity index is 1430. The summed E-state index contributed by atoms with van der Waals surface area (Å²) >= 11 is 0. The molecule has 1 rings (SSSR count). The molecular formula is C92H178O7.